The van der Waals surface area contributed by atoms with Gasteiger partial charge >= 0.3 is 0 Å². The Morgan fingerprint density at radius 3 is 2.88 bits per heavy atom. The van der Waals surface area contributed by atoms with E-state index in [-0.39, 0.29) is 0 Å². The van der Waals surface area contributed by atoms with Crippen LogP contribution >= 0.6 is 0 Å². The van der Waals surface area contributed by atoms with Crippen LogP contribution < -0.4 is 10.6 Å². The van der Waals surface area contributed by atoms with E-state index in [1.54, 1.807) is 0 Å². The zero-order chi connectivity index (χ0) is 5.82. The second-order valence-electron chi connectivity index (χ2n) is 2.05. The number of rotatable bonds is 3. The van der Waals surface area contributed by atoms with Crippen LogP contribution in [0.1, 0.15) is 0 Å². The smallest absolute Gasteiger partial charge is 0.207 e. The van der Waals surface area contributed by atoms with E-state index in [0.717, 1.165) is 26.0 Å². The van der Waals surface area contributed by atoms with E-state index in [0.29, 0.717) is 5.92 Å². The monoisotopic (exact) mass is 114 g/mol. The van der Waals surface area contributed by atoms with Gasteiger partial charge in [-0.1, -0.05) is 0 Å². The highest BCUT2D eigenvalue weighted by molar-refractivity contribution is 5.45. The zero-order valence-electron chi connectivity index (χ0n) is 4.68. The quantitative estimate of drug-likeness (QED) is 0.460. The SMILES string of the molecule is O=CNCC1CNC1. The van der Waals surface area contributed by atoms with Crippen molar-refractivity contribution in [3.05, 3.63) is 0 Å². The Hall–Kier alpha value is -0.570. The molecule has 3 nitrogen and oxygen atoms in total. The third-order valence-corrected chi connectivity index (χ3v) is 1.36. The third kappa shape index (κ3) is 1.20. The molecule has 0 aromatic heterocycles. The van der Waals surface area contributed by atoms with E-state index in [1.165, 1.54) is 0 Å². The fraction of sp³-hybridized carbons (Fsp3) is 0.800. The summed E-state index contributed by atoms with van der Waals surface area (Å²) in [6.07, 6.45) is 0.748. The molecule has 0 aromatic carbocycles. The van der Waals surface area contributed by atoms with Crippen LogP contribution in [0.5, 0.6) is 0 Å². The fourth-order valence-corrected chi connectivity index (χ4v) is 0.708. The van der Waals surface area contributed by atoms with Crippen molar-refractivity contribution < 1.29 is 4.79 Å². The summed E-state index contributed by atoms with van der Waals surface area (Å²) < 4.78 is 0. The normalized spacial score (nSPS) is 19.5. The maximum Gasteiger partial charge on any atom is 0.207 e. The number of hydrogen-bond donors (Lipinski definition) is 2. The zero-order valence-corrected chi connectivity index (χ0v) is 4.68. The lowest BCUT2D eigenvalue weighted by molar-refractivity contribution is -0.109. The van der Waals surface area contributed by atoms with Gasteiger partial charge in [0.15, 0.2) is 0 Å². The topological polar surface area (TPSA) is 41.1 Å². The minimum absolute atomic E-state index is 0.681. The highest BCUT2D eigenvalue weighted by atomic mass is 16.1. The summed E-state index contributed by atoms with van der Waals surface area (Å²) in [5.41, 5.74) is 0. The third-order valence-electron chi connectivity index (χ3n) is 1.36. The molecule has 1 aliphatic heterocycles. The van der Waals surface area contributed by atoms with E-state index < -0.39 is 0 Å². The van der Waals surface area contributed by atoms with Gasteiger partial charge in [-0.3, -0.25) is 4.79 Å². The molecule has 0 bridgehead atoms. The molecule has 0 radical (unpaired) electrons. The molecule has 1 aliphatic rings. The molecule has 0 atom stereocenters. The largest absolute Gasteiger partial charge is 0.358 e. The first kappa shape index (κ1) is 5.56. The van der Waals surface area contributed by atoms with Crippen molar-refractivity contribution in [2.75, 3.05) is 19.6 Å². The molecule has 0 aromatic rings. The Morgan fingerprint density at radius 1 is 1.75 bits per heavy atom. The Kier molecular flexibility index (Phi) is 1.86. The van der Waals surface area contributed by atoms with Crippen LogP contribution in [0.3, 0.4) is 0 Å². The maximum absolute atomic E-state index is 9.72. The number of carbonyl (C=O) groups excluding carboxylic acids is 1. The Bertz CT molecular complexity index is 80.5. The van der Waals surface area contributed by atoms with Gasteiger partial charge in [0.1, 0.15) is 0 Å². The average molecular weight is 114 g/mol. The van der Waals surface area contributed by atoms with Crippen molar-refractivity contribution in [2.24, 2.45) is 5.92 Å². The van der Waals surface area contributed by atoms with Crippen molar-refractivity contribution in [2.45, 2.75) is 0 Å². The molecule has 1 heterocycles. The lowest BCUT2D eigenvalue weighted by Crippen LogP contribution is -2.46. The van der Waals surface area contributed by atoms with Gasteiger partial charge in [0.25, 0.3) is 0 Å². The number of carbonyl (C=O) groups is 1. The molecular formula is C5H10N2O. The summed E-state index contributed by atoms with van der Waals surface area (Å²) >= 11 is 0. The summed E-state index contributed by atoms with van der Waals surface area (Å²) in [4.78, 5) is 9.72. The second kappa shape index (κ2) is 2.67. The lowest BCUT2D eigenvalue weighted by atomic mass is 10.0. The van der Waals surface area contributed by atoms with Crippen LogP contribution in [-0.2, 0) is 4.79 Å². The molecule has 1 rings (SSSR count). The van der Waals surface area contributed by atoms with Crippen LogP contribution in [0.4, 0.5) is 0 Å². The highest BCUT2D eigenvalue weighted by Crippen LogP contribution is 1.98. The number of amides is 1. The maximum atomic E-state index is 9.72. The first-order chi connectivity index (χ1) is 3.93. The van der Waals surface area contributed by atoms with Gasteiger partial charge in [-0.15, -0.1) is 0 Å². The Morgan fingerprint density at radius 2 is 2.50 bits per heavy atom. The molecular weight excluding hydrogens is 104 g/mol. The molecule has 8 heavy (non-hydrogen) atoms. The molecule has 0 spiro atoms. The van der Waals surface area contributed by atoms with Gasteiger partial charge in [-0.05, 0) is 0 Å². The predicted molar refractivity (Wildman–Crippen MR) is 30.4 cm³/mol. The van der Waals surface area contributed by atoms with Crippen LogP contribution in [0.2, 0.25) is 0 Å². The molecule has 1 fully saturated rings. The standard InChI is InChI=1S/C5H10N2O/c8-4-7-3-5-1-6-2-5/h4-6H,1-3H2,(H,7,8). The molecule has 3 heteroatoms. The molecule has 0 unspecified atom stereocenters. The molecule has 0 saturated carbocycles. The van der Waals surface area contributed by atoms with Gasteiger partial charge < -0.3 is 10.6 Å². The van der Waals surface area contributed by atoms with Gasteiger partial charge in [-0.2, -0.15) is 0 Å². The van der Waals surface area contributed by atoms with Crippen molar-refractivity contribution in [1.82, 2.24) is 10.6 Å². The van der Waals surface area contributed by atoms with Crippen LogP contribution in [0, 0.1) is 5.92 Å². The molecule has 1 saturated heterocycles. The molecule has 0 aliphatic carbocycles. The van der Waals surface area contributed by atoms with E-state index >= 15 is 0 Å². The number of nitrogens with one attached hydrogen (secondary N) is 2. The molecule has 2 N–H and O–H groups in total. The average Bonchev–Trinajstić information content (AvgIpc) is 1.63. The summed E-state index contributed by atoms with van der Waals surface area (Å²) in [7, 11) is 0. The summed E-state index contributed by atoms with van der Waals surface area (Å²) in [5, 5.41) is 5.74. The highest BCUT2D eigenvalue weighted by Gasteiger charge is 2.14. The number of hydrogen-bond acceptors (Lipinski definition) is 2. The first-order valence-corrected chi connectivity index (χ1v) is 2.81. The first-order valence-electron chi connectivity index (χ1n) is 2.81. The minimum atomic E-state index is 0.681. The van der Waals surface area contributed by atoms with Gasteiger partial charge in [-0.25, -0.2) is 0 Å². The van der Waals surface area contributed by atoms with E-state index in [9.17, 15) is 4.79 Å². The molecule has 1 amide bonds. The predicted octanol–water partition coefficient (Wildman–Crippen LogP) is -1.05. The van der Waals surface area contributed by atoms with Gasteiger partial charge in [0, 0.05) is 25.6 Å². The van der Waals surface area contributed by atoms with Crippen LogP contribution in [-0.4, -0.2) is 26.0 Å². The Balaban J connectivity index is 1.93. The van der Waals surface area contributed by atoms with E-state index in [2.05, 4.69) is 10.6 Å². The van der Waals surface area contributed by atoms with Gasteiger partial charge in [0.2, 0.25) is 6.41 Å². The lowest BCUT2D eigenvalue weighted by Gasteiger charge is -2.26. The van der Waals surface area contributed by atoms with E-state index in [4.69, 9.17) is 0 Å². The van der Waals surface area contributed by atoms with Crippen molar-refractivity contribution >= 4 is 6.41 Å². The second-order valence-corrected chi connectivity index (χ2v) is 2.05. The summed E-state index contributed by atoms with van der Waals surface area (Å²) in [6, 6.07) is 0. The fourth-order valence-electron chi connectivity index (χ4n) is 0.708. The summed E-state index contributed by atoms with van der Waals surface area (Å²) in [6.45, 7) is 2.94. The van der Waals surface area contributed by atoms with E-state index in [1.807, 2.05) is 0 Å². The van der Waals surface area contributed by atoms with Crippen molar-refractivity contribution in [1.29, 1.82) is 0 Å². The van der Waals surface area contributed by atoms with Crippen LogP contribution in [0.15, 0.2) is 0 Å². The Labute approximate surface area is 48.5 Å². The van der Waals surface area contributed by atoms with Crippen molar-refractivity contribution in [3.8, 4) is 0 Å². The molecule has 46 valence electrons. The van der Waals surface area contributed by atoms with Crippen LogP contribution in [0.25, 0.3) is 0 Å². The van der Waals surface area contributed by atoms with Crippen molar-refractivity contribution in [3.63, 3.8) is 0 Å². The minimum Gasteiger partial charge on any atom is -0.358 e. The summed E-state index contributed by atoms with van der Waals surface area (Å²) in [5.74, 6) is 0.681. The van der Waals surface area contributed by atoms with Gasteiger partial charge in [0.05, 0.1) is 0 Å².